The molecule has 0 spiro atoms. The van der Waals surface area contributed by atoms with Gasteiger partial charge in [0.05, 0.1) is 12.5 Å². The lowest BCUT2D eigenvalue weighted by atomic mass is 9.97. The van der Waals surface area contributed by atoms with E-state index in [2.05, 4.69) is 15.3 Å². The molecule has 7 nitrogen and oxygen atoms in total. The molecule has 0 atom stereocenters. The second-order valence-corrected chi connectivity index (χ2v) is 5.91. The lowest BCUT2D eigenvalue weighted by Crippen LogP contribution is -2.37. The smallest absolute Gasteiger partial charge is 0.453 e. The van der Waals surface area contributed by atoms with Gasteiger partial charge in [0.15, 0.2) is 5.65 Å². The minimum absolute atomic E-state index is 0.0362. The van der Waals surface area contributed by atoms with Crippen molar-refractivity contribution in [2.24, 2.45) is 5.92 Å². The summed E-state index contributed by atoms with van der Waals surface area (Å²) in [7, 11) is 0. The van der Waals surface area contributed by atoms with Crippen LogP contribution in [0.3, 0.4) is 0 Å². The highest BCUT2D eigenvalue weighted by Gasteiger charge is 2.38. The third-order valence-electron chi connectivity index (χ3n) is 4.10. The first-order valence-electron chi connectivity index (χ1n) is 8.11. The summed E-state index contributed by atoms with van der Waals surface area (Å²) in [4.78, 5) is 13.7. The SMILES string of the molecule is CCCOC(=O)C1CCN(c2ccc3nnc(C(F)(F)F)n3n2)CC1. The number of fused-ring (bicyclic) bond motifs is 1. The Hall–Kier alpha value is -2.39. The summed E-state index contributed by atoms with van der Waals surface area (Å²) >= 11 is 0. The molecular formula is C15H18F3N5O2. The zero-order valence-electron chi connectivity index (χ0n) is 13.7. The summed E-state index contributed by atoms with van der Waals surface area (Å²) in [6, 6.07) is 3.06. The van der Waals surface area contributed by atoms with Gasteiger partial charge in [-0.3, -0.25) is 4.79 Å². The second kappa shape index (κ2) is 6.85. The van der Waals surface area contributed by atoms with Crippen molar-refractivity contribution in [2.75, 3.05) is 24.6 Å². The maximum Gasteiger partial charge on any atom is 0.453 e. The van der Waals surface area contributed by atoms with Crippen LogP contribution in [-0.2, 0) is 15.7 Å². The van der Waals surface area contributed by atoms with E-state index in [9.17, 15) is 18.0 Å². The Balaban J connectivity index is 1.72. The normalized spacial score (nSPS) is 16.4. The number of anilines is 1. The lowest BCUT2D eigenvalue weighted by Gasteiger charge is -2.31. The number of rotatable bonds is 4. The molecule has 2 aromatic heterocycles. The van der Waals surface area contributed by atoms with E-state index in [-0.39, 0.29) is 17.5 Å². The van der Waals surface area contributed by atoms with Crippen LogP contribution in [0.15, 0.2) is 12.1 Å². The minimum Gasteiger partial charge on any atom is -0.465 e. The average molecular weight is 357 g/mol. The lowest BCUT2D eigenvalue weighted by molar-refractivity contribution is -0.149. The van der Waals surface area contributed by atoms with Crippen LogP contribution in [0.25, 0.3) is 5.65 Å². The molecule has 1 fully saturated rings. The summed E-state index contributed by atoms with van der Waals surface area (Å²) in [5.41, 5.74) is 0.0362. The standard InChI is InChI=1S/C15H18F3N5O2/c1-2-9-25-13(24)10-5-7-22(8-6-10)12-4-3-11-19-20-14(15(16,17)18)23(11)21-12/h3-4,10H,2,5-9H2,1H3. The van der Waals surface area contributed by atoms with E-state index >= 15 is 0 Å². The number of aromatic nitrogens is 4. The van der Waals surface area contributed by atoms with Gasteiger partial charge < -0.3 is 9.64 Å². The predicted molar refractivity (Wildman–Crippen MR) is 82.0 cm³/mol. The van der Waals surface area contributed by atoms with Crippen molar-refractivity contribution in [1.29, 1.82) is 0 Å². The number of hydrogen-bond donors (Lipinski definition) is 0. The number of carbonyl (C=O) groups is 1. The number of alkyl halides is 3. The van der Waals surface area contributed by atoms with Gasteiger partial charge in [-0.25, -0.2) is 0 Å². The molecule has 0 saturated carbocycles. The quantitative estimate of drug-likeness (QED) is 0.782. The third kappa shape index (κ3) is 3.67. The van der Waals surface area contributed by atoms with Crippen LogP contribution in [0.1, 0.15) is 32.0 Å². The predicted octanol–water partition coefficient (Wildman–Crippen LogP) is 2.31. The van der Waals surface area contributed by atoms with Crippen molar-refractivity contribution in [3.63, 3.8) is 0 Å². The van der Waals surface area contributed by atoms with Gasteiger partial charge in [0.1, 0.15) is 5.82 Å². The molecule has 0 radical (unpaired) electrons. The zero-order chi connectivity index (χ0) is 18.0. The van der Waals surface area contributed by atoms with E-state index in [1.54, 1.807) is 6.07 Å². The van der Waals surface area contributed by atoms with Crippen LogP contribution >= 0.6 is 0 Å². The molecule has 0 amide bonds. The summed E-state index contributed by atoms with van der Waals surface area (Å²) in [5, 5.41) is 10.7. The van der Waals surface area contributed by atoms with Gasteiger partial charge in [0, 0.05) is 13.1 Å². The number of hydrogen-bond acceptors (Lipinski definition) is 6. The number of ether oxygens (including phenoxy) is 1. The molecule has 3 heterocycles. The highest BCUT2D eigenvalue weighted by Crippen LogP contribution is 2.28. The molecule has 2 aromatic rings. The number of carbonyl (C=O) groups excluding carboxylic acids is 1. The van der Waals surface area contributed by atoms with Crippen LogP contribution < -0.4 is 4.90 Å². The summed E-state index contributed by atoms with van der Waals surface area (Å²) in [6.45, 7) is 3.38. The van der Waals surface area contributed by atoms with Gasteiger partial charge in [-0.2, -0.15) is 17.7 Å². The van der Waals surface area contributed by atoms with E-state index in [4.69, 9.17) is 4.74 Å². The number of esters is 1. The van der Waals surface area contributed by atoms with E-state index in [1.807, 2.05) is 11.8 Å². The van der Waals surface area contributed by atoms with Crippen LogP contribution in [0.5, 0.6) is 0 Å². The molecule has 10 heteroatoms. The van der Waals surface area contributed by atoms with E-state index in [1.165, 1.54) is 6.07 Å². The first kappa shape index (κ1) is 17.4. The van der Waals surface area contributed by atoms with Crippen LogP contribution in [0.2, 0.25) is 0 Å². The first-order chi connectivity index (χ1) is 11.9. The third-order valence-corrected chi connectivity index (χ3v) is 4.10. The number of halogens is 3. The number of nitrogens with zero attached hydrogens (tertiary/aromatic N) is 5. The Kier molecular flexibility index (Phi) is 4.78. The molecule has 0 bridgehead atoms. The molecule has 25 heavy (non-hydrogen) atoms. The fourth-order valence-corrected chi connectivity index (χ4v) is 2.79. The highest BCUT2D eigenvalue weighted by atomic mass is 19.4. The fourth-order valence-electron chi connectivity index (χ4n) is 2.79. The molecular weight excluding hydrogens is 339 g/mol. The molecule has 1 saturated heterocycles. The van der Waals surface area contributed by atoms with Crippen molar-refractivity contribution in [2.45, 2.75) is 32.4 Å². The molecule has 136 valence electrons. The van der Waals surface area contributed by atoms with Crippen molar-refractivity contribution >= 4 is 17.4 Å². The van der Waals surface area contributed by atoms with E-state index in [0.29, 0.717) is 42.9 Å². The molecule has 0 unspecified atom stereocenters. The largest absolute Gasteiger partial charge is 0.465 e. The van der Waals surface area contributed by atoms with Crippen molar-refractivity contribution in [3.05, 3.63) is 18.0 Å². The average Bonchev–Trinajstić information content (AvgIpc) is 3.03. The van der Waals surface area contributed by atoms with Gasteiger partial charge in [-0.1, -0.05) is 6.92 Å². The topological polar surface area (TPSA) is 72.6 Å². The van der Waals surface area contributed by atoms with Crippen LogP contribution in [0.4, 0.5) is 19.0 Å². The maximum atomic E-state index is 12.9. The van der Waals surface area contributed by atoms with Crippen LogP contribution in [-0.4, -0.2) is 45.5 Å². The van der Waals surface area contributed by atoms with Gasteiger partial charge in [-0.05, 0) is 31.4 Å². The summed E-state index contributed by atoms with van der Waals surface area (Å²) in [5.74, 6) is -1.13. The molecule has 1 aliphatic heterocycles. The zero-order valence-corrected chi connectivity index (χ0v) is 13.7. The highest BCUT2D eigenvalue weighted by molar-refractivity contribution is 5.72. The van der Waals surface area contributed by atoms with E-state index < -0.39 is 12.0 Å². The Labute approximate surface area is 141 Å². The van der Waals surface area contributed by atoms with Gasteiger partial charge in [-0.15, -0.1) is 15.3 Å². The van der Waals surface area contributed by atoms with Gasteiger partial charge in [0.2, 0.25) is 0 Å². The maximum absolute atomic E-state index is 12.9. The van der Waals surface area contributed by atoms with Crippen molar-refractivity contribution in [1.82, 2.24) is 19.8 Å². The molecule has 3 rings (SSSR count). The number of piperidine rings is 1. The Morgan fingerprint density at radius 1 is 1.28 bits per heavy atom. The van der Waals surface area contributed by atoms with Gasteiger partial charge >= 0.3 is 12.1 Å². The van der Waals surface area contributed by atoms with Crippen molar-refractivity contribution in [3.8, 4) is 0 Å². The molecule has 0 aliphatic carbocycles. The Bertz CT molecular complexity index is 753. The monoisotopic (exact) mass is 357 g/mol. The molecule has 0 N–H and O–H groups in total. The Morgan fingerprint density at radius 2 is 2.00 bits per heavy atom. The van der Waals surface area contributed by atoms with E-state index in [0.717, 1.165) is 6.42 Å². The summed E-state index contributed by atoms with van der Waals surface area (Å²) in [6.07, 6.45) is -2.69. The van der Waals surface area contributed by atoms with Crippen LogP contribution in [0, 0.1) is 5.92 Å². The molecule has 1 aliphatic rings. The Morgan fingerprint density at radius 3 is 2.64 bits per heavy atom. The summed E-state index contributed by atoms with van der Waals surface area (Å²) < 4.78 is 44.7. The first-order valence-corrected chi connectivity index (χ1v) is 8.11. The molecule has 0 aromatic carbocycles. The van der Waals surface area contributed by atoms with Crippen molar-refractivity contribution < 1.29 is 22.7 Å². The van der Waals surface area contributed by atoms with Gasteiger partial charge in [0.25, 0.3) is 5.82 Å². The second-order valence-electron chi connectivity index (χ2n) is 5.91. The fraction of sp³-hybridized carbons (Fsp3) is 0.600. The minimum atomic E-state index is -4.62.